The van der Waals surface area contributed by atoms with Crippen molar-refractivity contribution in [3.63, 3.8) is 0 Å². The minimum absolute atomic E-state index is 0.0910. The summed E-state index contributed by atoms with van der Waals surface area (Å²) in [5.74, 6) is -1.49. The molecule has 5 heteroatoms. The van der Waals surface area contributed by atoms with E-state index in [0.29, 0.717) is 16.5 Å². The Hall–Kier alpha value is -3.21. The van der Waals surface area contributed by atoms with Gasteiger partial charge in [0.15, 0.2) is 5.75 Å². The number of phenols is 1. The van der Waals surface area contributed by atoms with E-state index in [1.165, 1.54) is 0 Å². The monoisotopic (exact) mass is 291 g/mol. The number of benzene rings is 3. The Morgan fingerprint density at radius 2 is 1.55 bits per heavy atom. The first kappa shape index (κ1) is 13.8. The molecule has 0 aromatic heterocycles. The van der Waals surface area contributed by atoms with E-state index < -0.39 is 5.97 Å². The van der Waals surface area contributed by atoms with Gasteiger partial charge in [-0.05, 0) is 17.5 Å². The molecule has 1 radical (unpaired) electrons. The van der Waals surface area contributed by atoms with Crippen molar-refractivity contribution in [3.8, 4) is 5.75 Å². The fourth-order valence-electron chi connectivity index (χ4n) is 2.15. The topological polar surface area (TPSA) is 82.2 Å². The lowest BCUT2D eigenvalue weighted by Gasteiger charge is -2.07. The second-order valence-electron chi connectivity index (χ2n) is 4.58. The summed E-state index contributed by atoms with van der Waals surface area (Å²) in [6.45, 7) is 0. The molecule has 0 aliphatic carbocycles. The second-order valence-corrected chi connectivity index (χ2v) is 4.58. The molecule has 107 valence electrons. The fourth-order valence-corrected chi connectivity index (χ4v) is 2.15. The number of carbonyl (C=O) groups is 1. The average molecular weight is 291 g/mol. The lowest BCUT2D eigenvalue weighted by molar-refractivity contribution is 0.0698. The maximum Gasteiger partial charge on any atom is 0.337 e. The Labute approximate surface area is 126 Å². The molecule has 0 spiro atoms. The Balaban J connectivity index is 2.18. The predicted octanol–water partition coefficient (Wildman–Crippen LogP) is 4.46. The van der Waals surface area contributed by atoms with Crippen molar-refractivity contribution in [2.45, 2.75) is 0 Å². The fraction of sp³-hybridized carbons (Fsp3) is 0. The van der Waals surface area contributed by atoms with Crippen LogP contribution < -0.4 is 0 Å². The molecular formula is C17H11N2O3. The zero-order valence-electron chi connectivity index (χ0n) is 11.4. The summed E-state index contributed by atoms with van der Waals surface area (Å²) in [6, 6.07) is 18.3. The summed E-state index contributed by atoms with van der Waals surface area (Å²) in [4.78, 5) is 11.3. The second kappa shape index (κ2) is 5.65. The SMILES string of the molecule is O=C(O)c1[c]c(O)c(N=Nc2ccccc2)c2ccccc12. The van der Waals surface area contributed by atoms with Crippen molar-refractivity contribution in [3.05, 3.63) is 66.2 Å². The number of rotatable bonds is 3. The summed E-state index contributed by atoms with van der Waals surface area (Å²) in [5, 5.41) is 28.3. The normalized spacial score (nSPS) is 11.1. The van der Waals surface area contributed by atoms with E-state index in [4.69, 9.17) is 0 Å². The van der Waals surface area contributed by atoms with Crippen LogP contribution in [-0.4, -0.2) is 16.2 Å². The Morgan fingerprint density at radius 3 is 2.23 bits per heavy atom. The van der Waals surface area contributed by atoms with Crippen LogP contribution >= 0.6 is 0 Å². The van der Waals surface area contributed by atoms with Crippen molar-refractivity contribution in [2.75, 3.05) is 0 Å². The highest BCUT2D eigenvalue weighted by Crippen LogP contribution is 2.37. The van der Waals surface area contributed by atoms with Crippen molar-refractivity contribution in [2.24, 2.45) is 10.2 Å². The van der Waals surface area contributed by atoms with Crippen LogP contribution in [0.3, 0.4) is 0 Å². The molecule has 0 saturated heterocycles. The number of azo groups is 1. The highest BCUT2D eigenvalue weighted by atomic mass is 16.4. The molecule has 2 N–H and O–H groups in total. The van der Waals surface area contributed by atoms with Crippen molar-refractivity contribution < 1.29 is 15.0 Å². The van der Waals surface area contributed by atoms with Crippen molar-refractivity contribution >= 4 is 28.1 Å². The van der Waals surface area contributed by atoms with Crippen LogP contribution in [0.1, 0.15) is 10.4 Å². The number of hydrogen-bond acceptors (Lipinski definition) is 4. The number of phenolic OH excluding ortho intramolecular Hbond substituents is 1. The first-order valence-corrected chi connectivity index (χ1v) is 6.54. The van der Waals surface area contributed by atoms with Gasteiger partial charge >= 0.3 is 5.97 Å². The average Bonchev–Trinajstić information content (AvgIpc) is 2.54. The summed E-state index contributed by atoms with van der Waals surface area (Å²) in [5.41, 5.74) is 0.740. The molecule has 22 heavy (non-hydrogen) atoms. The molecule has 0 saturated carbocycles. The van der Waals surface area contributed by atoms with Gasteiger partial charge < -0.3 is 10.2 Å². The number of nitrogens with zero attached hydrogens (tertiary/aromatic N) is 2. The van der Waals surface area contributed by atoms with Gasteiger partial charge in [-0.3, -0.25) is 0 Å². The molecule has 0 unspecified atom stereocenters. The first-order chi connectivity index (χ1) is 10.7. The van der Waals surface area contributed by atoms with Crippen LogP contribution in [-0.2, 0) is 0 Å². The van der Waals surface area contributed by atoms with Crippen molar-refractivity contribution in [1.82, 2.24) is 0 Å². The van der Waals surface area contributed by atoms with Gasteiger partial charge in [0, 0.05) is 11.5 Å². The summed E-state index contributed by atoms with van der Waals surface area (Å²) >= 11 is 0. The number of carboxylic acid groups (broad SMARTS) is 1. The van der Waals surface area contributed by atoms with E-state index in [1.54, 1.807) is 36.4 Å². The van der Waals surface area contributed by atoms with Crippen LogP contribution in [0.15, 0.2) is 64.8 Å². The van der Waals surface area contributed by atoms with Gasteiger partial charge in [-0.2, -0.15) is 5.11 Å². The van der Waals surface area contributed by atoms with E-state index in [-0.39, 0.29) is 17.0 Å². The highest BCUT2D eigenvalue weighted by molar-refractivity contribution is 6.08. The summed E-state index contributed by atoms with van der Waals surface area (Å²) in [7, 11) is 0. The van der Waals surface area contributed by atoms with Gasteiger partial charge in [0.2, 0.25) is 0 Å². The molecule has 3 rings (SSSR count). The molecule has 0 fully saturated rings. The molecule has 0 aliphatic rings. The Morgan fingerprint density at radius 1 is 0.909 bits per heavy atom. The van der Waals surface area contributed by atoms with E-state index >= 15 is 0 Å². The molecular weight excluding hydrogens is 280 g/mol. The van der Waals surface area contributed by atoms with E-state index in [1.807, 2.05) is 18.2 Å². The lowest BCUT2D eigenvalue weighted by atomic mass is 10.0. The number of aromatic carboxylic acids is 1. The minimum atomic E-state index is -1.15. The molecule has 3 aromatic carbocycles. The van der Waals surface area contributed by atoms with Gasteiger partial charge in [-0.25, -0.2) is 4.79 Å². The molecule has 3 aromatic rings. The largest absolute Gasteiger partial charge is 0.505 e. The van der Waals surface area contributed by atoms with Gasteiger partial charge in [0.05, 0.1) is 11.3 Å². The lowest BCUT2D eigenvalue weighted by Crippen LogP contribution is -1.97. The highest BCUT2D eigenvalue weighted by Gasteiger charge is 2.16. The Kier molecular flexibility index (Phi) is 3.53. The Bertz CT molecular complexity index is 874. The third-order valence-corrected chi connectivity index (χ3v) is 3.15. The van der Waals surface area contributed by atoms with Gasteiger partial charge in [-0.1, -0.05) is 42.5 Å². The maximum absolute atomic E-state index is 11.3. The smallest absolute Gasteiger partial charge is 0.337 e. The minimum Gasteiger partial charge on any atom is -0.505 e. The van der Waals surface area contributed by atoms with E-state index in [0.717, 1.165) is 0 Å². The van der Waals surface area contributed by atoms with Crippen LogP contribution in [0.5, 0.6) is 5.75 Å². The van der Waals surface area contributed by atoms with Crippen LogP contribution in [0, 0.1) is 6.07 Å². The number of aromatic hydroxyl groups is 1. The van der Waals surface area contributed by atoms with Crippen LogP contribution in [0.2, 0.25) is 0 Å². The maximum atomic E-state index is 11.3. The van der Waals surface area contributed by atoms with E-state index in [9.17, 15) is 15.0 Å². The number of fused-ring (bicyclic) bond motifs is 1. The van der Waals surface area contributed by atoms with Crippen molar-refractivity contribution in [1.29, 1.82) is 0 Å². The third-order valence-electron chi connectivity index (χ3n) is 3.15. The summed E-state index contributed by atoms with van der Waals surface area (Å²) in [6.07, 6.45) is 0. The standard InChI is InChI=1S/C17H11N2O3/c20-15-10-14(17(21)22)12-8-4-5-9-13(12)16(15)19-18-11-6-2-1-3-7-11/h1-9,20H,(H,21,22). The predicted molar refractivity (Wildman–Crippen MR) is 82.0 cm³/mol. The molecule has 0 amide bonds. The molecule has 0 atom stereocenters. The molecule has 0 heterocycles. The molecule has 0 aliphatic heterocycles. The van der Waals surface area contributed by atoms with E-state index in [2.05, 4.69) is 16.3 Å². The first-order valence-electron chi connectivity index (χ1n) is 6.54. The number of carboxylic acids is 1. The van der Waals surface area contributed by atoms with Gasteiger partial charge in [0.25, 0.3) is 0 Å². The number of hydrogen-bond donors (Lipinski definition) is 2. The zero-order chi connectivity index (χ0) is 15.5. The van der Waals surface area contributed by atoms with Crippen LogP contribution in [0.25, 0.3) is 10.8 Å². The molecule has 5 nitrogen and oxygen atoms in total. The molecule has 0 bridgehead atoms. The zero-order valence-corrected chi connectivity index (χ0v) is 11.4. The van der Waals surface area contributed by atoms with Gasteiger partial charge in [-0.15, -0.1) is 5.11 Å². The third kappa shape index (κ3) is 2.52. The quantitative estimate of drug-likeness (QED) is 0.699. The summed E-state index contributed by atoms with van der Waals surface area (Å²) < 4.78 is 0. The van der Waals surface area contributed by atoms with Gasteiger partial charge in [0.1, 0.15) is 5.69 Å². The van der Waals surface area contributed by atoms with Crippen LogP contribution in [0.4, 0.5) is 11.4 Å².